The lowest BCUT2D eigenvalue weighted by Gasteiger charge is -2.37. The molecule has 0 aliphatic carbocycles. The van der Waals surface area contributed by atoms with Gasteiger partial charge in [-0.1, -0.05) is 63.3 Å². The third kappa shape index (κ3) is 4.98. The SMILES string of the molecule is CCCCC(CCCC)N1CCn2nc(-c3ccc(C)cc3C)c3nc(C)cc1c32.CS. The molecule has 0 radical (unpaired) electrons. The molecule has 0 bridgehead atoms. The minimum atomic E-state index is 0.614. The highest BCUT2D eigenvalue weighted by molar-refractivity contribution is 7.79. The van der Waals surface area contributed by atoms with E-state index in [9.17, 15) is 0 Å². The average Bonchev–Trinajstić information content (AvgIpc) is 3.15. The molecule has 0 fully saturated rings. The second-order valence-electron chi connectivity index (χ2n) is 9.00. The van der Waals surface area contributed by atoms with Crippen LogP contribution in [0.4, 0.5) is 5.69 Å². The number of rotatable bonds is 8. The largest absolute Gasteiger partial charge is 0.365 e. The summed E-state index contributed by atoms with van der Waals surface area (Å²) >= 11 is 3.53. The summed E-state index contributed by atoms with van der Waals surface area (Å²) in [4.78, 5) is 7.66. The summed E-state index contributed by atoms with van der Waals surface area (Å²) in [5, 5.41) is 5.07. The summed E-state index contributed by atoms with van der Waals surface area (Å²) < 4.78 is 2.21. The molecule has 3 heterocycles. The topological polar surface area (TPSA) is 34.0 Å². The molecule has 0 saturated carbocycles. The molecule has 0 atom stereocenters. The standard InChI is InChI=1S/C26H36N4.CH4S/c1-6-8-10-21(11-9-7-2)29-14-15-30-26-23(29)17-20(5)27-25(26)24(28-30)22-13-12-18(3)16-19(22)4;1-2/h12-13,16-17,21H,6-11,14-15H2,1-5H3;2H,1H3. The van der Waals surface area contributed by atoms with Crippen LogP contribution < -0.4 is 4.90 Å². The van der Waals surface area contributed by atoms with Gasteiger partial charge in [-0.05, 0) is 51.5 Å². The van der Waals surface area contributed by atoms with Crippen LogP contribution in [0.2, 0.25) is 0 Å². The number of nitrogens with zero attached hydrogens (tertiary/aromatic N) is 4. The predicted molar refractivity (Wildman–Crippen MR) is 142 cm³/mol. The highest BCUT2D eigenvalue weighted by atomic mass is 32.1. The molecule has 0 unspecified atom stereocenters. The van der Waals surface area contributed by atoms with Gasteiger partial charge in [-0.15, -0.1) is 0 Å². The second kappa shape index (κ2) is 11.2. The summed E-state index contributed by atoms with van der Waals surface area (Å²) in [5.74, 6) is 0. The van der Waals surface area contributed by atoms with E-state index in [2.05, 4.69) is 81.1 Å². The van der Waals surface area contributed by atoms with Crippen LogP contribution in [-0.4, -0.2) is 33.6 Å². The summed E-state index contributed by atoms with van der Waals surface area (Å²) in [6.45, 7) is 13.0. The molecule has 1 aliphatic heterocycles. The Morgan fingerprint density at radius 1 is 0.969 bits per heavy atom. The monoisotopic (exact) mass is 452 g/mol. The molecular weight excluding hydrogens is 412 g/mol. The molecule has 4 rings (SSSR count). The smallest absolute Gasteiger partial charge is 0.119 e. The van der Waals surface area contributed by atoms with Crippen LogP contribution in [0, 0.1) is 20.8 Å². The van der Waals surface area contributed by atoms with Gasteiger partial charge < -0.3 is 4.90 Å². The Morgan fingerprint density at radius 2 is 1.66 bits per heavy atom. The van der Waals surface area contributed by atoms with Crippen molar-refractivity contribution in [3.63, 3.8) is 0 Å². The molecule has 4 nitrogen and oxygen atoms in total. The number of benzene rings is 1. The number of hydrogen-bond acceptors (Lipinski definition) is 4. The van der Waals surface area contributed by atoms with Crippen LogP contribution in [0.25, 0.3) is 22.3 Å². The van der Waals surface area contributed by atoms with Crippen molar-refractivity contribution >= 4 is 29.3 Å². The Balaban J connectivity index is 0.00000141. The molecule has 0 N–H and O–H groups in total. The van der Waals surface area contributed by atoms with Crippen molar-refractivity contribution in [1.82, 2.24) is 14.8 Å². The van der Waals surface area contributed by atoms with E-state index in [1.807, 2.05) is 0 Å². The van der Waals surface area contributed by atoms with Gasteiger partial charge in [-0.2, -0.15) is 17.7 Å². The molecule has 0 amide bonds. The minimum Gasteiger partial charge on any atom is -0.365 e. The van der Waals surface area contributed by atoms with Crippen LogP contribution in [0.1, 0.15) is 69.2 Å². The fourth-order valence-electron chi connectivity index (χ4n) is 4.97. The van der Waals surface area contributed by atoms with Crippen LogP contribution in [0.15, 0.2) is 24.3 Å². The van der Waals surface area contributed by atoms with E-state index in [-0.39, 0.29) is 0 Å². The summed E-state index contributed by atoms with van der Waals surface area (Å²) in [7, 11) is 0. The number of anilines is 1. The van der Waals surface area contributed by atoms with Gasteiger partial charge in [-0.3, -0.25) is 4.68 Å². The van der Waals surface area contributed by atoms with E-state index in [4.69, 9.17) is 10.1 Å². The zero-order valence-electron chi connectivity index (χ0n) is 20.8. The lowest BCUT2D eigenvalue weighted by atomic mass is 9.99. The molecule has 1 aromatic carbocycles. The molecular formula is C27H40N4S. The van der Waals surface area contributed by atoms with Crippen molar-refractivity contribution in [3.05, 3.63) is 41.1 Å². The quantitative estimate of drug-likeness (QED) is 0.369. The Kier molecular flexibility index (Phi) is 8.64. The number of pyridine rings is 1. The molecule has 0 saturated heterocycles. The highest BCUT2D eigenvalue weighted by Crippen LogP contribution is 2.38. The number of unbranched alkanes of at least 4 members (excludes halogenated alkanes) is 2. The minimum absolute atomic E-state index is 0.614. The Labute approximate surface area is 199 Å². The lowest BCUT2D eigenvalue weighted by molar-refractivity contribution is 0.456. The lowest BCUT2D eigenvalue weighted by Crippen LogP contribution is -2.40. The third-order valence-corrected chi connectivity index (χ3v) is 6.53. The zero-order valence-corrected chi connectivity index (χ0v) is 21.7. The fourth-order valence-corrected chi connectivity index (χ4v) is 4.97. The summed E-state index contributed by atoms with van der Waals surface area (Å²) in [6.07, 6.45) is 9.36. The van der Waals surface area contributed by atoms with Crippen molar-refractivity contribution in [2.45, 2.75) is 85.7 Å². The Morgan fingerprint density at radius 3 is 2.28 bits per heavy atom. The summed E-state index contributed by atoms with van der Waals surface area (Å²) in [5.41, 5.74) is 9.50. The maximum Gasteiger partial charge on any atom is 0.119 e. The predicted octanol–water partition coefficient (Wildman–Crippen LogP) is 7.14. The van der Waals surface area contributed by atoms with Gasteiger partial charge in [0.15, 0.2) is 0 Å². The first-order valence-electron chi connectivity index (χ1n) is 12.2. The van der Waals surface area contributed by atoms with E-state index in [0.717, 1.165) is 30.0 Å². The highest BCUT2D eigenvalue weighted by Gasteiger charge is 2.29. The van der Waals surface area contributed by atoms with Crippen LogP contribution in [0.5, 0.6) is 0 Å². The molecule has 174 valence electrons. The molecule has 1 aliphatic rings. The molecule has 3 aromatic rings. The molecule has 5 heteroatoms. The molecule has 2 aromatic heterocycles. The van der Waals surface area contributed by atoms with E-state index in [1.165, 1.54) is 66.4 Å². The Bertz CT molecular complexity index is 1030. The first kappa shape index (κ1) is 24.6. The zero-order chi connectivity index (χ0) is 23.3. The van der Waals surface area contributed by atoms with Gasteiger partial charge in [0, 0.05) is 23.8 Å². The van der Waals surface area contributed by atoms with E-state index < -0.39 is 0 Å². The van der Waals surface area contributed by atoms with Crippen LogP contribution in [-0.2, 0) is 6.54 Å². The third-order valence-electron chi connectivity index (χ3n) is 6.53. The number of aromatic nitrogens is 3. The Hall–Kier alpha value is -2.01. The number of aryl methyl sites for hydroxylation is 3. The van der Waals surface area contributed by atoms with Crippen molar-refractivity contribution in [2.24, 2.45) is 0 Å². The molecule has 32 heavy (non-hydrogen) atoms. The maximum atomic E-state index is 5.07. The second-order valence-corrected chi connectivity index (χ2v) is 9.00. The van der Waals surface area contributed by atoms with Gasteiger partial charge in [-0.25, -0.2) is 4.98 Å². The van der Waals surface area contributed by atoms with Gasteiger partial charge in [0.25, 0.3) is 0 Å². The number of hydrogen-bond donors (Lipinski definition) is 1. The van der Waals surface area contributed by atoms with Gasteiger partial charge in [0.1, 0.15) is 16.7 Å². The number of thiol groups is 1. The first-order valence-corrected chi connectivity index (χ1v) is 13.1. The van der Waals surface area contributed by atoms with Crippen molar-refractivity contribution in [1.29, 1.82) is 0 Å². The molecule has 0 spiro atoms. The van der Waals surface area contributed by atoms with Crippen molar-refractivity contribution in [2.75, 3.05) is 17.7 Å². The van der Waals surface area contributed by atoms with Gasteiger partial charge in [0.2, 0.25) is 0 Å². The maximum absolute atomic E-state index is 5.07. The van der Waals surface area contributed by atoms with E-state index >= 15 is 0 Å². The van der Waals surface area contributed by atoms with Crippen molar-refractivity contribution in [3.8, 4) is 11.3 Å². The first-order chi connectivity index (χ1) is 15.5. The average molecular weight is 453 g/mol. The van der Waals surface area contributed by atoms with Crippen LogP contribution in [0.3, 0.4) is 0 Å². The van der Waals surface area contributed by atoms with Gasteiger partial charge >= 0.3 is 0 Å². The van der Waals surface area contributed by atoms with Gasteiger partial charge in [0.05, 0.1) is 12.2 Å². The summed E-state index contributed by atoms with van der Waals surface area (Å²) in [6, 6.07) is 9.54. The normalized spacial score (nSPS) is 12.9. The fraction of sp³-hybridized carbons (Fsp3) is 0.556. The van der Waals surface area contributed by atoms with E-state index in [0.29, 0.717) is 6.04 Å². The van der Waals surface area contributed by atoms with Crippen LogP contribution >= 0.6 is 12.6 Å². The van der Waals surface area contributed by atoms with Crippen molar-refractivity contribution < 1.29 is 0 Å². The van der Waals surface area contributed by atoms with E-state index in [1.54, 1.807) is 6.26 Å².